The van der Waals surface area contributed by atoms with Crippen LogP contribution in [0.2, 0.25) is 0 Å². The maximum absolute atomic E-state index is 11.4. The molecule has 2 aromatic carbocycles. The average Bonchev–Trinajstić information content (AvgIpc) is 3.16. The highest BCUT2D eigenvalue weighted by Gasteiger charge is 2.27. The molecule has 1 aliphatic carbocycles. The Kier molecular flexibility index (Phi) is 3.77. The topological polar surface area (TPSA) is 72.2 Å². The van der Waals surface area contributed by atoms with Gasteiger partial charge in [-0.1, -0.05) is 48.5 Å². The van der Waals surface area contributed by atoms with E-state index in [9.17, 15) is 8.42 Å². The summed E-state index contributed by atoms with van der Waals surface area (Å²) in [5.41, 5.74) is 5.01. The van der Waals surface area contributed by atoms with Crippen molar-refractivity contribution in [1.82, 2.24) is 5.32 Å². The second-order valence-corrected chi connectivity index (χ2v) is 8.71. The average molecular weight is 356 g/mol. The highest BCUT2D eigenvalue weighted by Crippen LogP contribution is 2.43. The van der Waals surface area contributed by atoms with Crippen LogP contribution in [0.4, 0.5) is 0 Å². The van der Waals surface area contributed by atoms with E-state index in [0.29, 0.717) is 6.54 Å². The lowest BCUT2D eigenvalue weighted by molar-refractivity contribution is 0.600. The molecular weight excluding hydrogens is 340 g/mol. The quantitative estimate of drug-likeness (QED) is 0.754. The van der Waals surface area contributed by atoms with Crippen LogP contribution < -0.4 is 10.5 Å². The molecule has 6 heteroatoms. The Bertz CT molecular complexity index is 964. The Hall–Kier alpha value is -1.99. The number of benzene rings is 2. The number of nitrogens with one attached hydrogen (secondary N) is 1. The fourth-order valence-corrected chi connectivity index (χ4v) is 4.91. The molecule has 0 fully saturated rings. The first-order valence-corrected chi connectivity index (χ1v) is 9.93. The second kappa shape index (κ2) is 5.82. The molecule has 0 spiro atoms. The van der Waals surface area contributed by atoms with E-state index in [1.807, 2.05) is 18.2 Å². The van der Waals surface area contributed by atoms with Gasteiger partial charge in [-0.15, -0.1) is 11.3 Å². The standard InChI is InChI=1S/C18H16N2O2S2/c19-24(21,22)17-10-9-12(23-17)11-20-18-15-7-3-1-5-13(15)14-6-2-4-8-16(14)18/h1-10,18,20H,11H2,(H2,19,21,22). The molecule has 4 rings (SSSR count). The molecule has 0 bridgehead atoms. The number of sulfonamides is 1. The third-order valence-electron chi connectivity index (χ3n) is 4.23. The Morgan fingerprint density at radius 2 is 1.50 bits per heavy atom. The fraction of sp³-hybridized carbons (Fsp3) is 0.111. The number of primary sulfonamides is 1. The summed E-state index contributed by atoms with van der Waals surface area (Å²) in [7, 11) is -3.63. The molecule has 3 aromatic rings. The molecule has 0 atom stereocenters. The van der Waals surface area contributed by atoms with Gasteiger partial charge in [-0.05, 0) is 34.4 Å². The number of thiophene rings is 1. The molecule has 1 heterocycles. The van der Waals surface area contributed by atoms with Crippen molar-refractivity contribution >= 4 is 21.4 Å². The number of hydrogen-bond donors (Lipinski definition) is 2. The van der Waals surface area contributed by atoms with Crippen molar-refractivity contribution in [2.24, 2.45) is 5.14 Å². The van der Waals surface area contributed by atoms with E-state index in [-0.39, 0.29) is 10.3 Å². The molecule has 0 amide bonds. The van der Waals surface area contributed by atoms with Crippen LogP contribution in [0.5, 0.6) is 0 Å². The molecule has 24 heavy (non-hydrogen) atoms. The molecule has 4 nitrogen and oxygen atoms in total. The summed E-state index contributed by atoms with van der Waals surface area (Å²) < 4.78 is 23.0. The van der Waals surface area contributed by atoms with Crippen LogP contribution in [0.1, 0.15) is 22.0 Å². The Morgan fingerprint density at radius 1 is 0.917 bits per heavy atom. The molecule has 1 aliphatic rings. The smallest absolute Gasteiger partial charge is 0.247 e. The van der Waals surface area contributed by atoms with E-state index in [1.54, 1.807) is 6.07 Å². The van der Waals surface area contributed by atoms with E-state index in [2.05, 4.69) is 41.7 Å². The number of nitrogens with two attached hydrogens (primary N) is 1. The first-order chi connectivity index (χ1) is 11.5. The van der Waals surface area contributed by atoms with Crippen LogP contribution in [-0.2, 0) is 16.6 Å². The van der Waals surface area contributed by atoms with Crippen LogP contribution in [-0.4, -0.2) is 8.42 Å². The SMILES string of the molecule is NS(=O)(=O)c1ccc(CNC2c3ccccc3-c3ccccc32)s1. The van der Waals surface area contributed by atoms with Gasteiger partial charge in [0.1, 0.15) is 4.21 Å². The van der Waals surface area contributed by atoms with Gasteiger partial charge in [0.25, 0.3) is 0 Å². The first kappa shape index (κ1) is 15.5. The highest BCUT2D eigenvalue weighted by atomic mass is 32.2. The maximum Gasteiger partial charge on any atom is 0.247 e. The molecule has 1 aromatic heterocycles. The predicted octanol–water partition coefficient (Wildman–Crippen LogP) is 3.26. The van der Waals surface area contributed by atoms with E-state index in [0.717, 1.165) is 4.88 Å². The number of fused-ring (bicyclic) bond motifs is 3. The van der Waals surface area contributed by atoms with Crippen LogP contribution in [0.3, 0.4) is 0 Å². The van der Waals surface area contributed by atoms with Crippen molar-refractivity contribution in [2.45, 2.75) is 16.8 Å². The van der Waals surface area contributed by atoms with E-state index in [4.69, 9.17) is 5.14 Å². The van der Waals surface area contributed by atoms with Crippen molar-refractivity contribution in [3.05, 3.63) is 76.7 Å². The summed E-state index contributed by atoms with van der Waals surface area (Å²) in [6.07, 6.45) is 0. The Labute approximate surface area is 145 Å². The number of rotatable bonds is 4. The van der Waals surface area contributed by atoms with Crippen molar-refractivity contribution in [3.63, 3.8) is 0 Å². The van der Waals surface area contributed by atoms with Crippen LogP contribution >= 0.6 is 11.3 Å². The summed E-state index contributed by atoms with van der Waals surface area (Å²) in [6.45, 7) is 0.591. The summed E-state index contributed by atoms with van der Waals surface area (Å²) in [6, 6.07) is 20.2. The van der Waals surface area contributed by atoms with Gasteiger partial charge in [-0.3, -0.25) is 0 Å². The van der Waals surface area contributed by atoms with Gasteiger partial charge in [0.05, 0.1) is 6.04 Å². The van der Waals surface area contributed by atoms with Crippen molar-refractivity contribution in [2.75, 3.05) is 0 Å². The van der Waals surface area contributed by atoms with Crippen molar-refractivity contribution in [3.8, 4) is 11.1 Å². The van der Waals surface area contributed by atoms with Gasteiger partial charge in [-0.2, -0.15) is 0 Å². The summed E-state index contributed by atoms with van der Waals surface area (Å²) >= 11 is 1.21. The lowest BCUT2D eigenvalue weighted by atomic mass is 10.1. The fourth-order valence-electron chi connectivity index (χ4n) is 3.18. The third kappa shape index (κ3) is 2.67. The van der Waals surface area contributed by atoms with Gasteiger partial charge < -0.3 is 5.32 Å². The molecule has 122 valence electrons. The molecular formula is C18H16N2O2S2. The summed E-state index contributed by atoms with van der Waals surface area (Å²) in [4.78, 5) is 0.945. The second-order valence-electron chi connectivity index (χ2n) is 5.75. The van der Waals surface area contributed by atoms with Crippen LogP contribution in [0.25, 0.3) is 11.1 Å². The van der Waals surface area contributed by atoms with Crippen molar-refractivity contribution in [1.29, 1.82) is 0 Å². The Balaban J connectivity index is 1.62. The lowest BCUT2D eigenvalue weighted by Gasteiger charge is -2.15. The van der Waals surface area contributed by atoms with Gasteiger partial charge in [-0.25, -0.2) is 13.6 Å². The normalized spacial score (nSPS) is 13.7. The lowest BCUT2D eigenvalue weighted by Crippen LogP contribution is -2.19. The van der Waals surface area contributed by atoms with Crippen LogP contribution in [0.15, 0.2) is 64.9 Å². The van der Waals surface area contributed by atoms with Gasteiger partial charge in [0, 0.05) is 11.4 Å². The monoisotopic (exact) mass is 356 g/mol. The zero-order chi connectivity index (χ0) is 16.7. The molecule has 0 aliphatic heterocycles. The van der Waals surface area contributed by atoms with Gasteiger partial charge >= 0.3 is 0 Å². The third-order valence-corrected chi connectivity index (χ3v) is 6.76. The van der Waals surface area contributed by atoms with Gasteiger partial charge in [0.15, 0.2) is 0 Å². The predicted molar refractivity (Wildman–Crippen MR) is 96.3 cm³/mol. The number of hydrogen-bond acceptors (Lipinski definition) is 4. The van der Waals surface area contributed by atoms with Crippen LogP contribution in [0, 0.1) is 0 Å². The van der Waals surface area contributed by atoms with E-state index < -0.39 is 10.0 Å². The minimum absolute atomic E-state index is 0.109. The minimum Gasteiger partial charge on any atom is -0.301 e. The molecule has 0 saturated heterocycles. The van der Waals surface area contributed by atoms with Gasteiger partial charge in [0.2, 0.25) is 10.0 Å². The van der Waals surface area contributed by atoms with E-state index in [1.165, 1.54) is 33.6 Å². The minimum atomic E-state index is -3.63. The molecule has 0 unspecified atom stereocenters. The van der Waals surface area contributed by atoms with E-state index >= 15 is 0 Å². The first-order valence-electron chi connectivity index (χ1n) is 7.57. The molecule has 3 N–H and O–H groups in total. The molecule has 0 radical (unpaired) electrons. The highest BCUT2D eigenvalue weighted by molar-refractivity contribution is 7.91. The zero-order valence-electron chi connectivity index (χ0n) is 12.8. The zero-order valence-corrected chi connectivity index (χ0v) is 14.4. The molecule has 0 saturated carbocycles. The van der Waals surface area contributed by atoms with Crippen molar-refractivity contribution < 1.29 is 8.42 Å². The Morgan fingerprint density at radius 3 is 2.04 bits per heavy atom. The largest absolute Gasteiger partial charge is 0.301 e. The maximum atomic E-state index is 11.4. The summed E-state index contributed by atoms with van der Waals surface area (Å²) in [5, 5.41) is 8.73. The summed E-state index contributed by atoms with van der Waals surface area (Å²) in [5.74, 6) is 0.